The number of hydrogen-bond donors (Lipinski definition) is 1. The van der Waals surface area contributed by atoms with Crippen molar-refractivity contribution in [1.29, 1.82) is 0 Å². The largest absolute Gasteiger partial charge is 0.396 e. The summed E-state index contributed by atoms with van der Waals surface area (Å²) < 4.78 is 0. The lowest BCUT2D eigenvalue weighted by atomic mass is 9.89. The summed E-state index contributed by atoms with van der Waals surface area (Å²) >= 11 is 0. The van der Waals surface area contributed by atoms with Crippen LogP contribution in [0.5, 0.6) is 0 Å². The molecule has 0 saturated heterocycles. The molecule has 1 rings (SSSR count). The Bertz CT molecular complexity index is 261. The lowest BCUT2D eigenvalue weighted by Crippen LogP contribution is -2.11. The molecule has 14 heavy (non-hydrogen) atoms. The van der Waals surface area contributed by atoms with Crippen molar-refractivity contribution >= 4 is 0 Å². The van der Waals surface area contributed by atoms with Gasteiger partial charge in [0.25, 0.3) is 0 Å². The highest BCUT2D eigenvalue weighted by molar-refractivity contribution is 5.25. The summed E-state index contributed by atoms with van der Waals surface area (Å²) in [5.41, 5.74) is 2.61. The molecule has 0 aliphatic heterocycles. The van der Waals surface area contributed by atoms with Crippen molar-refractivity contribution in [2.45, 2.75) is 33.1 Å². The monoisotopic (exact) mass is 192 g/mol. The zero-order valence-corrected chi connectivity index (χ0v) is 9.33. The van der Waals surface area contributed by atoms with Crippen molar-refractivity contribution in [3.05, 3.63) is 35.4 Å². The number of aliphatic hydroxyl groups excluding tert-OH is 1. The third-order valence-electron chi connectivity index (χ3n) is 2.82. The summed E-state index contributed by atoms with van der Waals surface area (Å²) in [6.07, 6.45) is 1.08. The van der Waals surface area contributed by atoms with Gasteiger partial charge in [0.2, 0.25) is 0 Å². The van der Waals surface area contributed by atoms with Gasteiger partial charge in [-0.1, -0.05) is 45.0 Å². The van der Waals surface area contributed by atoms with Crippen LogP contribution in [0.2, 0.25) is 0 Å². The molecule has 1 unspecified atom stereocenters. The summed E-state index contributed by atoms with van der Waals surface area (Å²) in [5, 5.41) is 9.28. The molecule has 0 bridgehead atoms. The molecule has 0 radical (unpaired) electrons. The lowest BCUT2D eigenvalue weighted by molar-refractivity contribution is 0.237. The van der Waals surface area contributed by atoms with Gasteiger partial charge in [-0.3, -0.25) is 0 Å². The van der Waals surface area contributed by atoms with E-state index >= 15 is 0 Å². The van der Waals surface area contributed by atoms with E-state index in [0.29, 0.717) is 5.92 Å². The van der Waals surface area contributed by atoms with Gasteiger partial charge in [-0.25, -0.2) is 0 Å². The fourth-order valence-electron chi connectivity index (χ4n) is 1.70. The van der Waals surface area contributed by atoms with Crippen LogP contribution in [0.25, 0.3) is 0 Å². The third kappa shape index (κ3) is 2.58. The Kier molecular flexibility index (Phi) is 4.15. The predicted octanol–water partition coefficient (Wildman–Crippen LogP) is 2.98. The normalized spacial score (nSPS) is 13.2. The minimum atomic E-state index is 0.239. The molecule has 1 nitrogen and oxygen atoms in total. The highest BCUT2D eigenvalue weighted by atomic mass is 16.3. The van der Waals surface area contributed by atoms with Crippen molar-refractivity contribution < 1.29 is 5.11 Å². The van der Waals surface area contributed by atoms with Gasteiger partial charge in [0.05, 0.1) is 6.61 Å². The van der Waals surface area contributed by atoms with Gasteiger partial charge >= 0.3 is 0 Å². The van der Waals surface area contributed by atoms with Crippen LogP contribution in [-0.4, -0.2) is 11.7 Å². The standard InChI is InChI=1S/C13H20O/c1-4-11-5-7-12(8-6-11)13(9-14)10(2)3/h5-8,10,13-14H,4,9H2,1-3H3. The molecule has 0 aliphatic carbocycles. The average molecular weight is 192 g/mol. The highest BCUT2D eigenvalue weighted by Crippen LogP contribution is 2.23. The van der Waals surface area contributed by atoms with E-state index in [1.165, 1.54) is 11.1 Å². The van der Waals surface area contributed by atoms with E-state index in [9.17, 15) is 5.11 Å². The van der Waals surface area contributed by atoms with Crippen molar-refractivity contribution in [2.24, 2.45) is 5.92 Å². The van der Waals surface area contributed by atoms with Crippen molar-refractivity contribution in [3.63, 3.8) is 0 Å². The second-order valence-corrected chi connectivity index (χ2v) is 4.13. The van der Waals surface area contributed by atoms with Crippen LogP contribution in [0.3, 0.4) is 0 Å². The van der Waals surface area contributed by atoms with E-state index < -0.39 is 0 Å². The maximum atomic E-state index is 9.28. The van der Waals surface area contributed by atoms with Crippen LogP contribution in [-0.2, 0) is 6.42 Å². The molecule has 1 N–H and O–H groups in total. The van der Waals surface area contributed by atoms with Gasteiger partial charge in [0.15, 0.2) is 0 Å². The molecular weight excluding hydrogens is 172 g/mol. The zero-order valence-electron chi connectivity index (χ0n) is 9.33. The second-order valence-electron chi connectivity index (χ2n) is 4.13. The van der Waals surface area contributed by atoms with E-state index in [2.05, 4.69) is 45.0 Å². The zero-order chi connectivity index (χ0) is 10.6. The fraction of sp³-hybridized carbons (Fsp3) is 0.538. The quantitative estimate of drug-likeness (QED) is 0.777. The topological polar surface area (TPSA) is 20.2 Å². The Morgan fingerprint density at radius 3 is 2.07 bits per heavy atom. The molecule has 0 amide bonds. The summed E-state index contributed by atoms with van der Waals surface area (Å²) in [6, 6.07) is 8.58. The average Bonchev–Trinajstić information content (AvgIpc) is 2.19. The van der Waals surface area contributed by atoms with E-state index in [1.54, 1.807) is 0 Å². The van der Waals surface area contributed by atoms with Crippen LogP contribution in [0.1, 0.15) is 37.8 Å². The number of rotatable bonds is 4. The van der Waals surface area contributed by atoms with Crippen LogP contribution in [0, 0.1) is 5.92 Å². The van der Waals surface area contributed by atoms with Crippen LogP contribution in [0.15, 0.2) is 24.3 Å². The molecule has 1 heteroatoms. The minimum absolute atomic E-state index is 0.239. The van der Waals surface area contributed by atoms with Gasteiger partial charge in [0, 0.05) is 5.92 Å². The van der Waals surface area contributed by atoms with Crippen molar-refractivity contribution in [3.8, 4) is 0 Å². The maximum absolute atomic E-state index is 9.28. The Labute approximate surface area is 86.8 Å². The molecule has 0 aliphatic rings. The SMILES string of the molecule is CCc1ccc(C(CO)C(C)C)cc1. The predicted molar refractivity (Wildman–Crippen MR) is 60.5 cm³/mol. The van der Waals surface area contributed by atoms with Gasteiger partial charge in [-0.05, 0) is 23.5 Å². The highest BCUT2D eigenvalue weighted by Gasteiger charge is 2.13. The smallest absolute Gasteiger partial charge is 0.0502 e. The van der Waals surface area contributed by atoms with E-state index in [-0.39, 0.29) is 12.5 Å². The van der Waals surface area contributed by atoms with Crippen molar-refractivity contribution in [1.82, 2.24) is 0 Å². The van der Waals surface area contributed by atoms with Gasteiger partial charge in [-0.2, -0.15) is 0 Å². The minimum Gasteiger partial charge on any atom is -0.396 e. The summed E-state index contributed by atoms with van der Waals surface area (Å²) in [4.78, 5) is 0. The molecule has 0 heterocycles. The van der Waals surface area contributed by atoms with E-state index in [1.807, 2.05) is 0 Å². The Balaban J connectivity index is 2.84. The van der Waals surface area contributed by atoms with Crippen LogP contribution in [0.4, 0.5) is 0 Å². The number of aliphatic hydroxyl groups is 1. The first-order valence-corrected chi connectivity index (χ1v) is 5.38. The van der Waals surface area contributed by atoms with Gasteiger partial charge < -0.3 is 5.11 Å². The maximum Gasteiger partial charge on any atom is 0.0502 e. The van der Waals surface area contributed by atoms with Crippen LogP contribution >= 0.6 is 0 Å². The fourth-order valence-corrected chi connectivity index (χ4v) is 1.70. The number of aryl methyl sites for hydroxylation is 1. The number of benzene rings is 1. The second kappa shape index (κ2) is 5.16. The molecule has 0 aromatic heterocycles. The molecule has 0 fully saturated rings. The molecular formula is C13H20O. The summed E-state index contributed by atoms with van der Waals surface area (Å²) in [7, 11) is 0. The summed E-state index contributed by atoms with van der Waals surface area (Å²) in [5.74, 6) is 0.772. The third-order valence-corrected chi connectivity index (χ3v) is 2.82. The molecule has 78 valence electrons. The van der Waals surface area contributed by atoms with Crippen molar-refractivity contribution in [2.75, 3.05) is 6.61 Å². The lowest BCUT2D eigenvalue weighted by Gasteiger charge is -2.18. The molecule has 1 aromatic rings. The van der Waals surface area contributed by atoms with Gasteiger partial charge in [-0.15, -0.1) is 0 Å². The Morgan fingerprint density at radius 2 is 1.71 bits per heavy atom. The Morgan fingerprint density at radius 1 is 1.14 bits per heavy atom. The molecule has 1 aromatic carbocycles. The Hall–Kier alpha value is -0.820. The number of hydrogen-bond acceptors (Lipinski definition) is 1. The first-order chi connectivity index (χ1) is 6.69. The molecule has 0 spiro atoms. The molecule has 0 saturated carbocycles. The van der Waals surface area contributed by atoms with E-state index in [0.717, 1.165) is 6.42 Å². The van der Waals surface area contributed by atoms with E-state index in [4.69, 9.17) is 0 Å². The van der Waals surface area contributed by atoms with Gasteiger partial charge in [0.1, 0.15) is 0 Å². The summed E-state index contributed by atoms with van der Waals surface area (Å²) in [6.45, 7) is 6.69. The first-order valence-electron chi connectivity index (χ1n) is 5.38. The molecule has 1 atom stereocenters. The van der Waals surface area contributed by atoms with Crippen LogP contribution < -0.4 is 0 Å². The first kappa shape index (κ1) is 11.3.